The van der Waals surface area contributed by atoms with Crippen LogP contribution >= 0.6 is 63.7 Å². The molecule has 0 atom stereocenters. The SMILES string of the molecule is C#Cc1ccc(N2C(=O)c3c(Br)c(Br)c(Br)c(Br)c3C2=O)cc1. The summed E-state index contributed by atoms with van der Waals surface area (Å²) in [6.45, 7) is 0. The minimum absolute atomic E-state index is 0.318. The number of halogens is 4. The summed E-state index contributed by atoms with van der Waals surface area (Å²) in [5, 5.41) is 0. The molecule has 2 amide bonds. The Morgan fingerprint density at radius 3 is 1.61 bits per heavy atom. The van der Waals surface area contributed by atoms with E-state index >= 15 is 0 Å². The van der Waals surface area contributed by atoms with Crippen LogP contribution in [0.3, 0.4) is 0 Å². The molecule has 7 heteroatoms. The van der Waals surface area contributed by atoms with Gasteiger partial charge < -0.3 is 0 Å². The number of hydrogen-bond donors (Lipinski definition) is 0. The lowest BCUT2D eigenvalue weighted by Gasteiger charge is -2.13. The molecular formula is C16H5Br4NO2. The Hall–Kier alpha value is -0.940. The standard InChI is InChI=1S/C16H5Br4NO2/c1-2-7-3-5-8(6-4-7)21-15(22)9-10(16(21)23)12(18)14(20)13(19)11(9)17/h1,3-6H. The summed E-state index contributed by atoms with van der Waals surface area (Å²) in [5.41, 5.74) is 1.79. The van der Waals surface area contributed by atoms with Gasteiger partial charge in [0.15, 0.2) is 0 Å². The van der Waals surface area contributed by atoms with Gasteiger partial charge in [-0.1, -0.05) is 5.92 Å². The molecule has 0 aromatic heterocycles. The maximum atomic E-state index is 12.8. The van der Waals surface area contributed by atoms with Crippen LogP contribution in [0, 0.1) is 12.3 Å². The van der Waals surface area contributed by atoms with Crippen LogP contribution < -0.4 is 4.90 Å². The summed E-state index contributed by atoms with van der Waals surface area (Å²) >= 11 is 13.6. The average Bonchev–Trinajstić information content (AvgIpc) is 2.82. The van der Waals surface area contributed by atoms with Gasteiger partial charge in [-0.25, -0.2) is 4.90 Å². The Balaban J connectivity index is 2.20. The molecule has 0 saturated heterocycles. The van der Waals surface area contributed by atoms with E-state index in [4.69, 9.17) is 6.42 Å². The Kier molecular flexibility index (Phi) is 4.53. The van der Waals surface area contributed by atoms with Gasteiger partial charge in [0.05, 0.1) is 16.8 Å². The van der Waals surface area contributed by atoms with Crippen molar-refractivity contribution in [2.75, 3.05) is 4.90 Å². The largest absolute Gasteiger partial charge is 0.268 e. The van der Waals surface area contributed by atoms with Crippen LogP contribution in [0.25, 0.3) is 0 Å². The smallest absolute Gasteiger partial charge is 0.267 e. The van der Waals surface area contributed by atoms with Crippen LogP contribution in [0.15, 0.2) is 42.2 Å². The van der Waals surface area contributed by atoms with Gasteiger partial charge in [-0.05, 0) is 88.0 Å². The fraction of sp³-hybridized carbons (Fsp3) is 0. The first kappa shape index (κ1) is 16.9. The van der Waals surface area contributed by atoms with E-state index in [-0.39, 0.29) is 11.8 Å². The van der Waals surface area contributed by atoms with Crippen molar-refractivity contribution in [3.05, 3.63) is 58.8 Å². The third-order valence-corrected chi connectivity index (χ3v) is 8.16. The predicted molar refractivity (Wildman–Crippen MR) is 103 cm³/mol. The first-order chi connectivity index (χ1) is 10.9. The quantitative estimate of drug-likeness (QED) is 0.199. The number of carbonyl (C=O) groups excluding carboxylic acids is 2. The van der Waals surface area contributed by atoms with Crippen LogP contribution in [-0.2, 0) is 0 Å². The fourth-order valence-corrected chi connectivity index (χ4v) is 4.75. The minimum Gasteiger partial charge on any atom is -0.268 e. The first-order valence-electron chi connectivity index (χ1n) is 6.20. The van der Waals surface area contributed by atoms with Gasteiger partial charge in [-0.2, -0.15) is 0 Å². The predicted octanol–water partition coefficient (Wildman–Crippen LogP) is 5.52. The Bertz CT molecular complexity index is 866. The molecule has 0 spiro atoms. The molecule has 0 radical (unpaired) electrons. The lowest BCUT2D eigenvalue weighted by Crippen LogP contribution is -2.29. The van der Waals surface area contributed by atoms with Crippen LogP contribution in [-0.4, -0.2) is 11.8 Å². The number of terminal acetylenes is 1. The van der Waals surface area contributed by atoms with Crippen LogP contribution in [0.1, 0.15) is 26.3 Å². The Morgan fingerprint density at radius 1 is 0.783 bits per heavy atom. The molecule has 1 heterocycles. The summed E-state index contributed by atoms with van der Waals surface area (Å²) in [6, 6.07) is 6.69. The molecule has 1 aliphatic heterocycles. The molecule has 3 nitrogen and oxygen atoms in total. The zero-order chi connectivity index (χ0) is 16.9. The van der Waals surface area contributed by atoms with E-state index in [2.05, 4.69) is 69.6 Å². The molecule has 1 aliphatic rings. The molecule has 2 aromatic rings. The highest BCUT2D eigenvalue weighted by atomic mass is 79.9. The topological polar surface area (TPSA) is 37.4 Å². The molecule has 0 N–H and O–H groups in total. The van der Waals surface area contributed by atoms with Gasteiger partial charge in [-0.3, -0.25) is 9.59 Å². The second-order valence-electron chi connectivity index (χ2n) is 4.64. The van der Waals surface area contributed by atoms with Gasteiger partial charge in [0.2, 0.25) is 0 Å². The van der Waals surface area contributed by atoms with E-state index in [1.54, 1.807) is 24.3 Å². The van der Waals surface area contributed by atoms with E-state index in [1.165, 1.54) is 0 Å². The van der Waals surface area contributed by atoms with E-state index in [1.807, 2.05) is 0 Å². The van der Waals surface area contributed by atoms with E-state index in [0.29, 0.717) is 40.3 Å². The summed E-state index contributed by atoms with van der Waals surface area (Å²) < 4.78 is 2.38. The number of rotatable bonds is 1. The van der Waals surface area contributed by atoms with Gasteiger partial charge in [0.1, 0.15) is 0 Å². The summed E-state index contributed by atoms with van der Waals surface area (Å²) in [4.78, 5) is 26.7. The van der Waals surface area contributed by atoms with Gasteiger partial charge >= 0.3 is 0 Å². The number of amides is 2. The molecule has 0 fully saturated rings. The second-order valence-corrected chi connectivity index (χ2v) is 7.81. The van der Waals surface area contributed by atoms with Crippen molar-refractivity contribution in [2.24, 2.45) is 0 Å². The summed E-state index contributed by atoms with van der Waals surface area (Å²) in [6.07, 6.45) is 5.33. The van der Waals surface area contributed by atoms with Crippen molar-refractivity contribution in [2.45, 2.75) is 0 Å². The maximum Gasteiger partial charge on any atom is 0.267 e. The number of hydrogen-bond acceptors (Lipinski definition) is 2. The number of nitrogens with zero attached hydrogens (tertiary/aromatic N) is 1. The van der Waals surface area contributed by atoms with Crippen molar-refractivity contribution in [1.29, 1.82) is 0 Å². The van der Waals surface area contributed by atoms with E-state index in [0.717, 1.165) is 4.90 Å². The zero-order valence-electron chi connectivity index (χ0n) is 11.2. The molecule has 3 rings (SSSR count). The van der Waals surface area contributed by atoms with Gasteiger partial charge in [0.25, 0.3) is 11.8 Å². The Labute approximate surface area is 165 Å². The van der Waals surface area contributed by atoms with Crippen molar-refractivity contribution in [1.82, 2.24) is 0 Å². The molecule has 23 heavy (non-hydrogen) atoms. The molecular weight excluding hydrogens is 558 g/mol. The van der Waals surface area contributed by atoms with Crippen LogP contribution in [0.4, 0.5) is 5.69 Å². The number of imide groups is 1. The summed E-state index contributed by atoms with van der Waals surface area (Å²) in [5.74, 6) is 1.72. The molecule has 2 aromatic carbocycles. The van der Waals surface area contributed by atoms with Crippen LogP contribution in [0.5, 0.6) is 0 Å². The number of benzene rings is 2. The van der Waals surface area contributed by atoms with Crippen molar-refractivity contribution < 1.29 is 9.59 Å². The maximum absolute atomic E-state index is 12.8. The van der Waals surface area contributed by atoms with Crippen molar-refractivity contribution >= 4 is 81.2 Å². The lowest BCUT2D eigenvalue weighted by molar-refractivity contribution is 0.0926. The number of carbonyl (C=O) groups is 2. The Morgan fingerprint density at radius 2 is 1.22 bits per heavy atom. The summed E-state index contributed by atoms with van der Waals surface area (Å²) in [7, 11) is 0. The first-order valence-corrected chi connectivity index (χ1v) is 9.37. The van der Waals surface area contributed by atoms with E-state index in [9.17, 15) is 9.59 Å². The monoisotopic (exact) mass is 559 g/mol. The molecule has 114 valence electrons. The third-order valence-electron chi connectivity index (χ3n) is 3.39. The average molecular weight is 563 g/mol. The third kappa shape index (κ3) is 2.52. The van der Waals surface area contributed by atoms with Crippen molar-refractivity contribution in [3.8, 4) is 12.3 Å². The van der Waals surface area contributed by atoms with Crippen molar-refractivity contribution in [3.63, 3.8) is 0 Å². The van der Waals surface area contributed by atoms with Crippen LogP contribution in [0.2, 0.25) is 0 Å². The molecule has 0 aliphatic carbocycles. The van der Waals surface area contributed by atoms with Gasteiger partial charge in [0, 0.05) is 23.5 Å². The molecule has 0 unspecified atom stereocenters. The highest BCUT2D eigenvalue weighted by Gasteiger charge is 2.41. The van der Waals surface area contributed by atoms with Gasteiger partial charge in [-0.15, -0.1) is 6.42 Å². The lowest BCUT2D eigenvalue weighted by atomic mass is 10.1. The van der Waals surface area contributed by atoms with E-state index < -0.39 is 0 Å². The number of anilines is 1. The molecule has 0 bridgehead atoms. The second kappa shape index (κ2) is 6.17. The fourth-order valence-electron chi connectivity index (χ4n) is 2.29. The molecule has 0 saturated carbocycles. The highest BCUT2D eigenvalue weighted by Crippen LogP contribution is 2.46. The number of fused-ring (bicyclic) bond motifs is 1. The normalized spacial score (nSPS) is 13.3. The zero-order valence-corrected chi connectivity index (χ0v) is 17.5. The highest BCUT2D eigenvalue weighted by molar-refractivity contribution is 9.15. The minimum atomic E-state index is -0.390.